The number of benzene rings is 1. The first-order valence-corrected chi connectivity index (χ1v) is 8.30. The average Bonchev–Trinajstić information content (AvgIpc) is 2.36. The van der Waals surface area contributed by atoms with Crippen LogP contribution in [-0.2, 0) is 17.3 Å². The lowest BCUT2D eigenvalue weighted by Gasteiger charge is -2.47. The van der Waals surface area contributed by atoms with Crippen LogP contribution in [0.1, 0.15) is 88.4 Å². The number of Topliss-reactive ketones (excluding diaryl/α,β-unsaturated/α-hetero) is 1. The summed E-state index contributed by atoms with van der Waals surface area (Å²) in [6, 6.07) is 4.54. The number of rotatable bonds is 3. The van der Waals surface area contributed by atoms with E-state index in [1.807, 2.05) is 0 Å². The van der Waals surface area contributed by atoms with Crippen LogP contribution in [0.2, 0.25) is 0 Å². The number of carbonyl (C=O) groups is 1. The molecule has 0 spiro atoms. The highest BCUT2D eigenvalue weighted by Gasteiger charge is 2.42. The van der Waals surface area contributed by atoms with Crippen molar-refractivity contribution in [1.82, 2.24) is 0 Å². The van der Waals surface area contributed by atoms with E-state index in [-0.39, 0.29) is 16.6 Å². The molecule has 21 heavy (non-hydrogen) atoms. The van der Waals surface area contributed by atoms with Crippen molar-refractivity contribution >= 4 is 5.78 Å². The zero-order valence-corrected chi connectivity index (χ0v) is 14.8. The molecule has 1 aromatic carbocycles. The van der Waals surface area contributed by atoms with Crippen LogP contribution >= 0.6 is 0 Å². The van der Waals surface area contributed by atoms with E-state index in [4.69, 9.17) is 0 Å². The van der Waals surface area contributed by atoms with E-state index < -0.39 is 0 Å². The summed E-state index contributed by atoms with van der Waals surface area (Å²) in [7, 11) is 0. The van der Waals surface area contributed by atoms with Crippen molar-refractivity contribution in [1.29, 1.82) is 0 Å². The molecular weight excluding hydrogens is 256 g/mol. The normalized spacial score (nSPS) is 22.7. The number of fused-ring (bicyclic) bond motifs is 1. The molecule has 1 nitrogen and oxygen atoms in total. The summed E-state index contributed by atoms with van der Waals surface area (Å²) in [6.45, 7) is 15.6. The zero-order valence-electron chi connectivity index (χ0n) is 14.8. The van der Waals surface area contributed by atoms with E-state index in [0.717, 1.165) is 18.4 Å². The smallest absolute Gasteiger partial charge is 0.160 e. The monoisotopic (exact) mass is 286 g/mol. The molecule has 0 radical (unpaired) electrons. The molecule has 0 saturated carbocycles. The molecule has 0 amide bonds. The summed E-state index contributed by atoms with van der Waals surface area (Å²) in [5.41, 5.74) is 5.35. The van der Waals surface area contributed by atoms with Crippen molar-refractivity contribution in [2.24, 2.45) is 5.92 Å². The maximum absolute atomic E-state index is 12.1. The minimum Gasteiger partial charge on any atom is -0.295 e. The molecule has 1 atom stereocenters. The summed E-state index contributed by atoms with van der Waals surface area (Å²) in [5, 5.41) is 0. The standard InChI is InChI=1S/C20H30O/c1-8-9-15-10-18-17(11-16(15)14(3)21)19(4,5)12-13(2)20(18,6)7/h10-11,13H,8-9,12H2,1-7H3. The van der Waals surface area contributed by atoms with Gasteiger partial charge in [0.15, 0.2) is 5.78 Å². The SMILES string of the molecule is CCCc1cc2c(cc1C(C)=O)C(C)(C)CC(C)C2(C)C. The second kappa shape index (κ2) is 5.26. The Morgan fingerprint density at radius 2 is 1.81 bits per heavy atom. The van der Waals surface area contributed by atoms with Crippen LogP contribution < -0.4 is 0 Å². The fraction of sp³-hybridized carbons (Fsp3) is 0.650. The average molecular weight is 286 g/mol. The van der Waals surface area contributed by atoms with Crippen LogP contribution in [0.25, 0.3) is 0 Å². The van der Waals surface area contributed by atoms with Crippen LogP contribution in [0, 0.1) is 5.92 Å². The first-order chi connectivity index (χ1) is 9.61. The Hall–Kier alpha value is -1.11. The highest BCUT2D eigenvalue weighted by Crippen LogP contribution is 2.49. The first kappa shape index (κ1) is 16.3. The quantitative estimate of drug-likeness (QED) is 0.676. The maximum atomic E-state index is 12.1. The van der Waals surface area contributed by atoms with Gasteiger partial charge in [0.25, 0.3) is 0 Å². The Bertz CT molecular complexity index is 563. The van der Waals surface area contributed by atoms with Gasteiger partial charge < -0.3 is 0 Å². The predicted molar refractivity (Wildman–Crippen MR) is 90.3 cm³/mol. The molecule has 116 valence electrons. The molecule has 0 aliphatic heterocycles. The third-order valence-electron chi connectivity index (χ3n) is 5.61. The summed E-state index contributed by atoms with van der Waals surface area (Å²) in [5.74, 6) is 0.853. The molecule has 2 rings (SSSR count). The highest BCUT2D eigenvalue weighted by atomic mass is 16.1. The predicted octanol–water partition coefficient (Wildman–Crippen LogP) is 5.44. The Morgan fingerprint density at radius 1 is 1.19 bits per heavy atom. The Morgan fingerprint density at radius 3 is 2.33 bits per heavy atom. The number of carbonyl (C=O) groups excluding carboxylic acids is 1. The van der Waals surface area contributed by atoms with Gasteiger partial charge in [0.2, 0.25) is 0 Å². The minimum atomic E-state index is 0.152. The van der Waals surface area contributed by atoms with Crippen LogP contribution in [0.4, 0.5) is 0 Å². The molecule has 1 aromatic rings. The van der Waals surface area contributed by atoms with Crippen LogP contribution in [-0.4, -0.2) is 5.78 Å². The van der Waals surface area contributed by atoms with Crippen LogP contribution in [0.15, 0.2) is 12.1 Å². The van der Waals surface area contributed by atoms with Gasteiger partial charge in [-0.15, -0.1) is 0 Å². The number of ketones is 1. The fourth-order valence-electron chi connectivity index (χ4n) is 3.94. The van der Waals surface area contributed by atoms with Crippen molar-refractivity contribution in [2.75, 3.05) is 0 Å². The lowest BCUT2D eigenvalue weighted by atomic mass is 9.57. The number of hydrogen-bond acceptors (Lipinski definition) is 1. The molecule has 0 heterocycles. The van der Waals surface area contributed by atoms with Gasteiger partial charge in [-0.3, -0.25) is 4.79 Å². The Balaban J connectivity index is 2.74. The van der Waals surface area contributed by atoms with Gasteiger partial charge in [0.05, 0.1) is 0 Å². The lowest BCUT2D eigenvalue weighted by molar-refractivity contribution is 0.101. The molecule has 1 heteroatoms. The third kappa shape index (κ3) is 2.67. The van der Waals surface area contributed by atoms with E-state index in [1.54, 1.807) is 6.92 Å². The molecule has 1 unspecified atom stereocenters. The van der Waals surface area contributed by atoms with Gasteiger partial charge in [-0.1, -0.05) is 54.0 Å². The van der Waals surface area contributed by atoms with Gasteiger partial charge in [-0.05, 0) is 59.3 Å². The van der Waals surface area contributed by atoms with Crippen molar-refractivity contribution in [3.8, 4) is 0 Å². The van der Waals surface area contributed by atoms with E-state index in [9.17, 15) is 4.79 Å². The number of hydrogen-bond donors (Lipinski definition) is 0. The Kier molecular flexibility index (Phi) is 4.08. The molecular formula is C20H30O. The van der Waals surface area contributed by atoms with Crippen molar-refractivity contribution < 1.29 is 4.79 Å². The first-order valence-electron chi connectivity index (χ1n) is 8.30. The number of aryl methyl sites for hydroxylation is 1. The van der Waals surface area contributed by atoms with Gasteiger partial charge in [0, 0.05) is 5.56 Å². The summed E-state index contributed by atoms with van der Waals surface area (Å²) < 4.78 is 0. The molecule has 1 aliphatic carbocycles. The van der Waals surface area contributed by atoms with E-state index in [0.29, 0.717) is 5.92 Å². The maximum Gasteiger partial charge on any atom is 0.160 e. The van der Waals surface area contributed by atoms with E-state index in [1.165, 1.54) is 23.1 Å². The minimum absolute atomic E-state index is 0.152. The molecule has 0 N–H and O–H groups in total. The molecule has 0 aromatic heterocycles. The lowest BCUT2D eigenvalue weighted by Crippen LogP contribution is -2.40. The molecule has 0 bridgehead atoms. The van der Waals surface area contributed by atoms with Gasteiger partial charge in [-0.2, -0.15) is 0 Å². The Labute approximate surface area is 130 Å². The van der Waals surface area contributed by atoms with Crippen molar-refractivity contribution in [2.45, 2.75) is 78.6 Å². The fourth-order valence-corrected chi connectivity index (χ4v) is 3.94. The molecule has 0 fully saturated rings. The summed E-state index contributed by atoms with van der Waals surface area (Å²) in [6.07, 6.45) is 3.25. The molecule has 0 saturated heterocycles. The van der Waals surface area contributed by atoms with E-state index in [2.05, 4.69) is 53.7 Å². The highest BCUT2D eigenvalue weighted by molar-refractivity contribution is 5.96. The van der Waals surface area contributed by atoms with Crippen LogP contribution in [0.3, 0.4) is 0 Å². The van der Waals surface area contributed by atoms with Crippen molar-refractivity contribution in [3.05, 3.63) is 34.4 Å². The second-order valence-corrected chi connectivity index (χ2v) is 8.07. The van der Waals surface area contributed by atoms with Crippen LogP contribution in [0.5, 0.6) is 0 Å². The zero-order chi connectivity index (χ0) is 16.0. The van der Waals surface area contributed by atoms with Gasteiger partial charge in [0.1, 0.15) is 0 Å². The molecule has 1 aliphatic rings. The summed E-state index contributed by atoms with van der Waals surface area (Å²) in [4.78, 5) is 12.1. The van der Waals surface area contributed by atoms with Gasteiger partial charge >= 0.3 is 0 Å². The summed E-state index contributed by atoms with van der Waals surface area (Å²) >= 11 is 0. The van der Waals surface area contributed by atoms with Gasteiger partial charge in [-0.25, -0.2) is 0 Å². The largest absolute Gasteiger partial charge is 0.295 e. The topological polar surface area (TPSA) is 17.1 Å². The third-order valence-corrected chi connectivity index (χ3v) is 5.61. The van der Waals surface area contributed by atoms with Crippen molar-refractivity contribution in [3.63, 3.8) is 0 Å². The second-order valence-electron chi connectivity index (χ2n) is 8.07. The van der Waals surface area contributed by atoms with E-state index >= 15 is 0 Å².